The summed E-state index contributed by atoms with van der Waals surface area (Å²) in [5, 5.41) is 11.1. The molecule has 16 heavy (non-hydrogen) atoms. The molecule has 0 fully saturated rings. The second-order valence-electron chi connectivity index (χ2n) is 3.57. The third-order valence-electron chi connectivity index (χ3n) is 1.87. The van der Waals surface area contributed by atoms with Gasteiger partial charge in [-0.3, -0.25) is 4.79 Å². The number of aryl methyl sites for hydroxylation is 1. The van der Waals surface area contributed by atoms with Gasteiger partial charge in [-0.1, -0.05) is 0 Å². The predicted octanol–water partition coefficient (Wildman–Crippen LogP) is -0.427. The number of amides is 1. The van der Waals surface area contributed by atoms with Crippen LogP contribution in [-0.2, 0) is 0 Å². The first-order chi connectivity index (χ1) is 7.54. The minimum atomic E-state index is -0.303. The average molecular weight is 224 g/mol. The van der Waals surface area contributed by atoms with Gasteiger partial charge in [-0.25, -0.2) is 9.97 Å². The van der Waals surface area contributed by atoms with Crippen molar-refractivity contribution in [2.45, 2.75) is 6.92 Å². The molecule has 1 aromatic heterocycles. The van der Waals surface area contributed by atoms with E-state index in [1.54, 1.807) is 17.9 Å². The molecule has 0 bridgehead atoms. The molecule has 0 aromatic carbocycles. The lowest BCUT2D eigenvalue weighted by Crippen LogP contribution is -2.28. The van der Waals surface area contributed by atoms with Crippen molar-refractivity contribution < 1.29 is 9.90 Å². The van der Waals surface area contributed by atoms with Crippen molar-refractivity contribution in [2.24, 2.45) is 0 Å². The molecule has 1 heterocycles. The minimum absolute atomic E-state index is 0.0870. The number of aliphatic hydroxyl groups excluding tert-OH is 1. The summed E-state index contributed by atoms with van der Waals surface area (Å²) in [6, 6.07) is 1.61. The Labute approximate surface area is 94.3 Å². The third kappa shape index (κ3) is 3.16. The molecule has 2 N–H and O–H groups in total. The first-order valence-corrected chi connectivity index (χ1v) is 4.96. The molecule has 6 heteroatoms. The van der Waals surface area contributed by atoms with Crippen LogP contribution in [-0.4, -0.2) is 48.2 Å². The summed E-state index contributed by atoms with van der Waals surface area (Å²) in [5.74, 6) is 0.191. The van der Waals surface area contributed by atoms with Gasteiger partial charge in [-0.2, -0.15) is 0 Å². The fourth-order valence-corrected chi connectivity index (χ4v) is 1.13. The van der Waals surface area contributed by atoms with Crippen LogP contribution in [0.25, 0.3) is 0 Å². The zero-order valence-corrected chi connectivity index (χ0v) is 9.69. The number of nitrogens with zero attached hydrogens (tertiary/aromatic N) is 3. The van der Waals surface area contributed by atoms with E-state index in [1.165, 1.54) is 0 Å². The highest BCUT2D eigenvalue weighted by atomic mass is 16.3. The second-order valence-corrected chi connectivity index (χ2v) is 3.57. The van der Waals surface area contributed by atoms with Gasteiger partial charge in [-0.05, 0) is 13.0 Å². The molecule has 0 saturated heterocycles. The summed E-state index contributed by atoms with van der Waals surface area (Å²) in [6.07, 6.45) is 0. The fourth-order valence-electron chi connectivity index (χ4n) is 1.13. The lowest BCUT2D eigenvalue weighted by molar-refractivity contribution is 0.0939. The van der Waals surface area contributed by atoms with Crippen LogP contribution in [0.5, 0.6) is 0 Å². The van der Waals surface area contributed by atoms with Crippen LogP contribution in [0.2, 0.25) is 0 Å². The van der Waals surface area contributed by atoms with Gasteiger partial charge >= 0.3 is 0 Å². The topological polar surface area (TPSA) is 78.3 Å². The smallest absolute Gasteiger partial charge is 0.270 e. The van der Waals surface area contributed by atoms with Gasteiger partial charge in [0.05, 0.1) is 6.61 Å². The van der Waals surface area contributed by atoms with Crippen LogP contribution in [0.4, 0.5) is 5.95 Å². The summed E-state index contributed by atoms with van der Waals surface area (Å²) >= 11 is 0. The van der Waals surface area contributed by atoms with E-state index in [4.69, 9.17) is 5.11 Å². The standard InChI is InChI=1S/C10H16N4O2/c1-7-6-8(9(16)11-4-5-15)13-10(12-7)14(2)3/h6,15H,4-5H2,1-3H3,(H,11,16). The summed E-state index contributed by atoms with van der Waals surface area (Å²) < 4.78 is 0. The zero-order chi connectivity index (χ0) is 12.1. The molecule has 0 unspecified atom stereocenters. The second kappa shape index (κ2) is 5.41. The van der Waals surface area contributed by atoms with E-state index in [0.717, 1.165) is 5.69 Å². The quantitative estimate of drug-likeness (QED) is 0.725. The predicted molar refractivity (Wildman–Crippen MR) is 60.5 cm³/mol. The molecule has 1 amide bonds. The summed E-state index contributed by atoms with van der Waals surface area (Å²) in [4.78, 5) is 21.6. The number of rotatable bonds is 4. The molecule has 0 aliphatic rings. The van der Waals surface area contributed by atoms with E-state index < -0.39 is 0 Å². The summed E-state index contributed by atoms with van der Waals surface area (Å²) in [7, 11) is 3.62. The molecule has 0 radical (unpaired) electrons. The van der Waals surface area contributed by atoms with Crippen molar-refractivity contribution in [2.75, 3.05) is 32.1 Å². The number of nitrogens with one attached hydrogen (secondary N) is 1. The van der Waals surface area contributed by atoms with E-state index in [1.807, 2.05) is 14.1 Å². The van der Waals surface area contributed by atoms with Gasteiger partial charge < -0.3 is 15.3 Å². The molecule has 1 aromatic rings. The Morgan fingerprint density at radius 3 is 2.75 bits per heavy atom. The first-order valence-electron chi connectivity index (χ1n) is 4.96. The molecule has 0 atom stereocenters. The third-order valence-corrected chi connectivity index (χ3v) is 1.87. The van der Waals surface area contributed by atoms with Crippen LogP contribution in [0.1, 0.15) is 16.2 Å². The highest BCUT2D eigenvalue weighted by Gasteiger charge is 2.10. The molecule has 1 rings (SSSR count). The highest BCUT2D eigenvalue weighted by molar-refractivity contribution is 5.92. The molecular weight excluding hydrogens is 208 g/mol. The summed E-state index contributed by atoms with van der Waals surface area (Å²) in [5.41, 5.74) is 1.04. The molecule has 0 aliphatic heterocycles. The van der Waals surface area contributed by atoms with Gasteiger partial charge in [0.2, 0.25) is 5.95 Å². The van der Waals surface area contributed by atoms with Crippen LogP contribution < -0.4 is 10.2 Å². The number of anilines is 1. The Hall–Kier alpha value is -1.69. The van der Waals surface area contributed by atoms with Crippen LogP contribution in [0.3, 0.4) is 0 Å². The van der Waals surface area contributed by atoms with Crippen molar-refractivity contribution in [3.8, 4) is 0 Å². The Morgan fingerprint density at radius 2 is 2.19 bits per heavy atom. The molecule has 0 spiro atoms. The molecule has 6 nitrogen and oxygen atoms in total. The van der Waals surface area contributed by atoms with E-state index in [0.29, 0.717) is 11.6 Å². The number of aromatic nitrogens is 2. The number of hydrogen-bond donors (Lipinski definition) is 2. The van der Waals surface area contributed by atoms with Crippen molar-refractivity contribution in [1.82, 2.24) is 15.3 Å². The molecule has 88 valence electrons. The molecular formula is C10H16N4O2. The van der Waals surface area contributed by atoms with Gasteiger partial charge in [0, 0.05) is 26.3 Å². The van der Waals surface area contributed by atoms with Crippen molar-refractivity contribution >= 4 is 11.9 Å². The van der Waals surface area contributed by atoms with Crippen LogP contribution in [0, 0.1) is 6.92 Å². The maximum atomic E-state index is 11.6. The van der Waals surface area contributed by atoms with E-state index in [-0.39, 0.29) is 19.1 Å². The SMILES string of the molecule is Cc1cc(C(=O)NCCO)nc(N(C)C)n1. The van der Waals surface area contributed by atoms with Crippen molar-refractivity contribution in [3.05, 3.63) is 17.5 Å². The highest BCUT2D eigenvalue weighted by Crippen LogP contribution is 2.07. The summed E-state index contributed by atoms with van der Waals surface area (Å²) in [6.45, 7) is 1.94. The van der Waals surface area contributed by atoms with Crippen LogP contribution in [0.15, 0.2) is 6.07 Å². The number of carbonyl (C=O) groups is 1. The van der Waals surface area contributed by atoms with Gasteiger partial charge in [0.15, 0.2) is 0 Å². The van der Waals surface area contributed by atoms with Gasteiger partial charge in [0.1, 0.15) is 5.69 Å². The lowest BCUT2D eigenvalue weighted by Gasteiger charge is -2.12. The normalized spacial score (nSPS) is 10.0. The Balaban J connectivity index is 2.91. The Bertz CT molecular complexity index is 379. The number of aliphatic hydroxyl groups is 1. The Kier molecular flexibility index (Phi) is 4.19. The monoisotopic (exact) mass is 224 g/mol. The van der Waals surface area contributed by atoms with Crippen molar-refractivity contribution in [1.29, 1.82) is 0 Å². The van der Waals surface area contributed by atoms with E-state index in [9.17, 15) is 4.79 Å². The maximum absolute atomic E-state index is 11.6. The number of carbonyl (C=O) groups excluding carboxylic acids is 1. The number of hydrogen-bond acceptors (Lipinski definition) is 5. The largest absolute Gasteiger partial charge is 0.395 e. The lowest BCUT2D eigenvalue weighted by atomic mass is 10.3. The van der Waals surface area contributed by atoms with Crippen molar-refractivity contribution in [3.63, 3.8) is 0 Å². The van der Waals surface area contributed by atoms with Crippen LogP contribution >= 0.6 is 0 Å². The first kappa shape index (κ1) is 12.4. The molecule has 0 saturated carbocycles. The van der Waals surface area contributed by atoms with Gasteiger partial charge in [0.25, 0.3) is 5.91 Å². The minimum Gasteiger partial charge on any atom is -0.395 e. The van der Waals surface area contributed by atoms with Gasteiger partial charge in [-0.15, -0.1) is 0 Å². The zero-order valence-electron chi connectivity index (χ0n) is 9.69. The van der Waals surface area contributed by atoms with E-state index in [2.05, 4.69) is 15.3 Å². The average Bonchev–Trinajstić information content (AvgIpc) is 2.24. The fraction of sp³-hybridized carbons (Fsp3) is 0.500. The van der Waals surface area contributed by atoms with E-state index >= 15 is 0 Å². The molecule has 0 aliphatic carbocycles. The maximum Gasteiger partial charge on any atom is 0.270 e. The Morgan fingerprint density at radius 1 is 1.50 bits per heavy atom.